The van der Waals surface area contributed by atoms with Crippen molar-refractivity contribution < 1.29 is 15.3 Å². The second-order valence-electron chi connectivity index (χ2n) is 18.7. The maximum absolute atomic E-state index is 11.4. The second-order valence-corrected chi connectivity index (χ2v) is 18.7. The van der Waals surface area contributed by atoms with Gasteiger partial charge in [0.05, 0.1) is 39.3 Å². The number of hydrogen-bond donors (Lipinski definition) is 3. The molecule has 0 saturated heterocycles. The molecule has 0 fully saturated rings. The fourth-order valence-electron chi connectivity index (χ4n) is 6.77. The van der Waals surface area contributed by atoms with Crippen LogP contribution >= 0.6 is 0 Å². The van der Waals surface area contributed by atoms with E-state index < -0.39 is 0 Å². The molecule has 3 aliphatic rings. The second kappa shape index (κ2) is 19.8. The number of rotatable bonds is 0. The Morgan fingerprint density at radius 1 is 0.339 bits per heavy atom. The summed E-state index contributed by atoms with van der Waals surface area (Å²) >= 11 is 0. The summed E-state index contributed by atoms with van der Waals surface area (Å²) in [6, 6.07) is 12.1. The summed E-state index contributed by atoms with van der Waals surface area (Å²) in [4.78, 5) is 33.3. The van der Waals surface area contributed by atoms with Crippen molar-refractivity contribution in [1.29, 1.82) is 0 Å². The quantitative estimate of drug-likeness (QED) is 0.220. The third-order valence-corrected chi connectivity index (χ3v) is 10.8. The lowest BCUT2D eigenvalue weighted by Crippen LogP contribution is -2.31. The van der Waals surface area contributed by atoms with E-state index in [0.29, 0.717) is 112 Å². The first-order chi connectivity index (χ1) is 27.9. The Morgan fingerprint density at radius 2 is 0.508 bits per heavy atom. The lowest BCUT2D eigenvalue weighted by molar-refractivity contribution is 0.298. The molecule has 6 rings (SSSR count). The van der Waals surface area contributed by atoms with E-state index in [-0.39, 0.29) is 33.5 Å². The highest BCUT2D eigenvalue weighted by Gasteiger charge is 2.21. The van der Waals surface area contributed by atoms with Crippen LogP contribution in [0.4, 0.5) is 0 Å². The molecular formula is C48H66N8O3. The van der Waals surface area contributed by atoms with Crippen LogP contribution in [-0.4, -0.2) is 141 Å². The van der Waals surface area contributed by atoms with Gasteiger partial charge >= 0.3 is 0 Å². The number of benzene rings is 3. The van der Waals surface area contributed by atoms with Crippen molar-refractivity contribution in [3.05, 3.63) is 86.5 Å². The highest BCUT2D eigenvalue weighted by molar-refractivity contribution is 5.94. The summed E-state index contributed by atoms with van der Waals surface area (Å²) in [5.74, 6) is 0.493. The Bertz CT molecular complexity index is 1740. The Kier molecular flexibility index (Phi) is 15.2. The van der Waals surface area contributed by atoms with E-state index in [1.165, 1.54) is 0 Å². The number of phenols is 3. The Balaban J connectivity index is 1.58. The average Bonchev–Trinajstić information content (AvgIpc) is 3.15. The Labute approximate surface area is 352 Å². The van der Waals surface area contributed by atoms with E-state index in [0.717, 1.165) is 16.7 Å². The van der Waals surface area contributed by atoms with E-state index in [2.05, 4.69) is 72.1 Å². The van der Waals surface area contributed by atoms with E-state index >= 15 is 0 Å². The third kappa shape index (κ3) is 13.0. The fraction of sp³-hybridized carbons (Fsp3) is 0.500. The van der Waals surface area contributed by atoms with Gasteiger partial charge in [-0.05, 0) is 69.3 Å². The van der Waals surface area contributed by atoms with Crippen LogP contribution in [0.5, 0.6) is 17.2 Å². The van der Waals surface area contributed by atoms with Crippen LogP contribution in [0.1, 0.15) is 112 Å². The Hall–Kier alpha value is -5.00. The molecule has 0 aromatic heterocycles. The zero-order valence-corrected chi connectivity index (χ0v) is 36.8. The lowest BCUT2D eigenvalue weighted by Gasteiger charge is -2.22. The normalized spacial score (nSPS) is 19.3. The van der Waals surface area contributed by atoms with E-state index in [4.69, 9.17) is 30.0 Å². The molecule has 59 heavy (non-hydrogen) atoms. The minimum absolute atomic E-state index is 0.142. The highest BCUT2D eigenvalue weighted by atomic mass is 16.3. The summed E-state index contributed by atoms with van der Waals surface area (Å²) in [7, 11) is 0. The zero-order valence-electron chi connectivity index (χ0n) is 36.8. The first-order valence-electron chi connectivity index (χ1n) is 21.0. The molecule has 0 amide bonds. The van der Waals surface area contributed by atoms with Crippen molar-refractivity contribution in [3.8, 4) is 17.2 Å². The van der Waals surface area contributed by atoms with Gasteiger partial charge in [-0.2, -0.15) is 0 Å². The number of phenolic OH excluding ortho intramolecular Hbond substituents is 3. The van der Waals surface area contributed by atoms with Crippen molar-refractivity contribution in [2.45, 2.75) is 78.6 Å². The maximum atomic E-state index is 11.4. The van der Waals surface area contributed by atoms with Gasteiger partial charge in [-0.1, -0.05) is 62.3 Å². The molecule has 3 aromatic carbocycles. The molecular weight excluding hydrogens is 737 g/mol. The van der Waals surface area contributed by atoms with Crippen LogP contribution in [0.15, 0.2) is 66.4 Å². The van der Waals surface area contributed by atoms with E-state index in [1.54, 1.807) is 37.3 Å². The molecule has 0 saturated carbocycles. The van der Waals surface area contributed by atoms with Crippen LogP contribution in [-0.2, 0) is 16.2 Å². The third-order valence-electron chi connectivity index (χ3n) is 10.8. The molecule has 11 heteroatoms. The Morgan fingerprint density at radius 3 is 0.661 bits per heavy atom. The molecule has 0 aliphatic carbocycles. The molecule has 3 N–H and O–H groups in total. The van der Waals surface area contributed by atoms with Crippen LogP contribution < -0.4 is 0 Å². The number of nitrogens with zero attached hydrogens (tertiary/aromatic N) is 8. The molecule has 316 valence electrons. The predicted molar refractivity (Wildman–Crippen MR) is 248 cm³/mol. The van der Waals surface area contributed by atoms with Crippen LogP contribution in [0, 0.1) is 0 Å². The van der Waals surface area contributed by atoms with Gasteiger partial charge in [0.2, 0.25) is 0 Å². The van der Waals surface area contributed by atoms with Crippen LogP contribution in [0.2, 0.25) is 0 Å². The monoisotopic (exact) mass is 803 g/mol. The largest absolute Gasteiger partial charge is 0.507 e. The van der Waals surface area contributed by atoms with Gasteiger partial charge < -0.3 is 15.3 Å². The highest BCUT2D eigenvalue weighted by Crippen LogP contribution is 2.32. The summed E-state index contributed by atoms with van der Waals surface area (Å²) in [6.45, 7) is 26.3. The van der Waals surface area contributed by atoms with Gasteiger partial charge in [-0.3, -0.25) is 39.8 Å². The summed E-state index contributed by atoms with van der Waals surface area (Å²) in [5.41, 5.74) is 6.81. The molecule has 8 bridgehead atoms. The standard InChI is InChI=1S/C48H66N8O3/c1-46(2,3)40-22-34-28-49-10-16-55-18-12-51-30-36-24-41(47(4,5)6)25-37(44(36)58)31-52-13-19-56(17-11-50-29-35(23-40)43(34)57)21-15-54-33-39-27-42(48(7,8)9)26-38(45(39)59)32-53-14-20-55/h22-33,57-59H,10-21H2,1-9H3. The van der Waals surface area contributed by atoms with Gasteiger partial charge in [-0.15, -0.1) is 0 Å². The molecule has 3 aromatic rings. The van der Waals surface area contributed by atoms with Crippen molar-refractivity contribution in [3.63, 3.8) is 0 Å². The van der Waals surface area contributed by atoms with Crippen LogP contribution in [0.3, 0.4) is 0 Å². The zero-order chi connectivity index (χ0) is 42.8. The molecule has 0 atom stereocenters. The molecule has 0 spiro atoms. The average molecular weight is 803 g/mol. The van der Waals surface area contributed by atoms with Crippen molar-refractivity contribution >= 4 is 37.3 Å². The minimum Gasteiger partial charge on any atom is -0.507 e. The molecule has 3 heterocycles. The number of hydrogen-bond acceptors (Lipinski definition) is 11. The van der Waals surface area contributed by atoms with Crippen molar-refractivity contribution in [1.82, 2.24) is 9.80 Å². The van der Waals surface area contributed by atoms with Crippen molar-refractivity contribution in [2.24, 2.45) is 30.0 Å². The predicted octanol–water partition coefficient (Wildman–Crippen LogP) is 7.24. The first-order valence-corrected chi connectivity index (χ1v) is 21.0. The van der Waals surface area contributed by atoms with E-state index in [9.17, 15) is 15.3 Å². The maximum Gasteiger partial charge on any atom is 0.133 e. The SMILES string of the molecule is CC(C)(C)c1cc2c(O)c(c1)C=NCCN1CCN=Cc3cc(C(C)(C)C)cc(c3O)C=NCCN(CCN=C2)CCN=Cc2cc(C(C)(C)C)cc(c2O)C=NCC1. The van der Waals surface area contributed by atoms with Gasteiger partial charge in [0.1, 0.15) is 17.2 Å². The van der Waals surface area contributed by atoms with Crippen molar-refractivity contribution in [2.75, 3.05) is 78.5 Å². The van der Waals surface area contributed by atoms with Gasteiger partial charge in [-0.25, -0.2) is 0 Å². The van der Waals surface area contributed by atoms with Gasteiger partial charge in [0, 0.05) is 110 Å². The van der Waals surface area contributed by atoms with Gasteiger partial charge in [0.25, 0.3) is 0 Å². The molecule has 3 aliphatic heterocycles. The minimum atomic E-state index is -0.142. The number of fused-ring (bicyclic) bond motifs is 12. The fourth-order valence-corrected chi connectivity index (χ4v) is 6.77. The summed E-state index contributed by atoms with van der Waals surface area (Å²) in [6.07, 6.45) is 10.6. The first kappa shape index (κ1) is 45.1. The van der Waals surface area contributed by atoms with Gasteiger partial charge in [0.15, 0.2) is 0 Å². The summed E-state index contributed by atoms with van der Waals surface area (Å²) in [5, 5.41) is 34.2. The number of aromatic hydroxyl groups is 3. The number of aliphatic imine (C=N–C) groups is 6. The lowest BCUT2D eigenvalue weighted by atomic mass is 9.85. The smallest absolute Gasteiger partial charge is 0.133 e. The van der Waals surface area contributed by atoms with E-state index in [1.807, 2.05) is 36.4 Å². The molecule has 0 radical (unpaired) electrons. The summed E-state index contributed by atoms with van der Waals surface area (Å²) < 4.78 is 0. The molecule has 11 nitrogen and oxygen atoms in total. The topological polar surface area (TPSA) is 141 Å². The molecule has 0 unspecified atom stereocenters. The van der Waals surface area contributed by atoms with Crippen LogP contribution in [0.25, 0.3) is 0 Å².